The number of Topliss-reactive ketones (excluding diaryl/α,β-unsaturated/α-hetero) is 1. The number of ketones is 1. The van der Waals surface area contributed by atoms with Gasteiger partial charge in [-0.15, -0.1) is 0 Å². The van der Waals surface area contributed by atoms with E-state index in [2.05, 4.69) is 41.7 Å². The highest BCUT2D eigenvalue weighted by Gasteiger charge is 2.36. The minimum atomic E-state index is -1.57. The molecule has 0 aliphatic carbocycles. The van der Waals surface area contributed by atoms with Crippen LogP contribution in [0.5, 0.6) is 5.75 Å². The van der Waals surface area contributed by atoms with Crippen molar-refractivity contribution in [3.63, 3.8) is 0 Å². The van der Waals surface area contributed by atoms with Gasteiger partial charge < -0.3 is 19.9 Å². The standard InChI is InChI=1S/C29H32ClNO5/c1-28(2,3)36-27(34)31-29(4,19-32)26(33)23-14-15-25(24(30)18-23)35-17-16-20-10-12-22(13-11-20)21-8-6-5-7-9-21/h5-15,18,32H,16-17,19H2,1-4H3,(H,31,34). The summed E-state index contributed by atoms with van der Waals surface area (Å²) in [6.07, 6.45) is -0.107. The molecular formula is C29H32ClNO5. The lowest BCUT2D eigenvalue weighted by molar-refractivity contribution is 0.0392. The lowest BCUT2D eigenvalue weighted by Crippen LogP contribution is -2.55. The zero-order valence-corrected chi connectivity index (χ0v) is 21.8. The Morgan fingerprint density at radius 2 is 1.56 bits per heavy atom. The number of aliphatic hydroxyl groups is 1. The van der Waals surface area contributed by atoms with Gasteiger partial charge in [-0.2, -0.15) is 0 Å². The van der Waals surface area contributed by atoms with Gasteiger partial charge in [0.1, 0.15) is 16.9 Å². The van der Waals surface area contributed by atoms with Crippen LogP contribution in [0.25, 0.3) is 11.1 Å². The minimum Gasteiger partial charge on any atom is -0.492 e. The van der Waals surface area contributed by atoms with Crippen LogP contribution in [0.3, 0.4) is 0 Å². The quantitative estimate of drug-likeness (QED) is 0.341. The molecule has 0 radical (unpaired) electrons. The van der Waals surface area contributed by atoms with E-state index in [0.717, 1.165) is 11.1 Å². The van der Waals surface area contributed by atoms with Crippen molar-refractivity contribution in [3.8, 4) is 16.9 Å². The maximum atomic E-state index is 13.1. The van der Waals surface area contributed by atoms with Crippen LogP contribution in [0.4, 0.5) is 4.79 Å². The number of benzene rings is 3. The number of rotatable bonds is 9. The summed E-state index contributed by atoms with van der Waals surface area (Å²) in [5.41, 5.74) is 1.37. The van der Waals surface area contributed by atoms with Crippen LogP contribution in [0.15, 0.2) is 72.8 Å². The number of carbonyl (C=O) groups is 2. The summed E-state index contributed by atoms with van der Waals surface area (Å²) in [4.78, 5) is 25.2. The van der Waals surface area contributed by atoms with E-state index < -0.39 is 29.6 Å². The van der Waals surface area contributed by atoms with Crippen molar-refractivity contribution in [2.75, 3.05) is 13.2 Å². The Morgan fingerprint density at radius 3 is 2.14 bits per heavy atom. The van der Waals surface area contributed by atoms with Gasteiger partial charge in [0.15, 0.2) is 5.78 Å². The fraction of sp³-hybridized carbons (Fsp3) is 0.310. The largest absolute Gasteiger partial charge is 0.492 e. The van der Waals surface area contributed by atoms with Crippen molar-refractivity contribution < 1.29 is 24.2 Å². The third-order valence-corrected chi connectivity index (χ3v) is 5.79. The number of nitrogens with one attached hydrogen (secondary N) is 1. The van der Waals surface area contributed by atoms with Crippen LogP contribution in [0.2, 0.25) is 5.02 Å². The van der Waals surface area contributed by atoms with E-state index in [4.69, 9.17) is 21.1 Å². The molecule has 0 fully saturated rings. The predicted molar refractivity (Wildman–Crippen MR) is 142 cm³/mol. The first-order valence-electron chi connectivity index (χ1n) is 11.7. The summed E-state index contributed by atoms with van der Waals surface area (Å²) < 4.78 is 11.1. The molecule has 0 aliphatic rings. The average Bonchev–Trinajstić information content (AvgIpc) is 2.84. The van der Waals surface area contributed by atoms with Gasteiger partial charge in [0.05, 0.1) is 18.2 Å². The normalized spacial score (nSPS) is 12.9. The molecule has 36 heavy (non-hydrogen) atoms. The molecular weight excluding hydrogens is 478 g/mol. The van der Waals surface area contributed by atoms with Crippen molar-refractivity contribution in [2.24, 2.45) is 0 Å². The van der Waals surface area contributed by atoms with E-state index >= 15 is 0 Å². The number of ether oxygens (including phenoxy) is 2. The Kier molecular flexibility index (Phi) is 8.77. The third-order valence-electron chi connectivity index (χ3n) is 5.50. The van der Waals surface area contributed by atoms with Crippen LogP contribution in [0, 0.1) is 0 Å². The number of amides is 1. The van der Waals surface area contributed by atoms with Crippen molar-refractivity contribution >= 4 is 23.5 Å². The number of aliphatic hydroxyl groups excluding tert-OH is 1. The van der Waals surface area contributed by atoms with Gasteiger partial charge in [-0.25, -0.2) is 4.79 Å². The molecule has 190 valence electrons. The minimum absolute atomic E-state index is 0.233. The molecule has 1 amide bonds. The van der Waals surface area contributed by atoms with E-state index in [0.29, 0.717) is 18.8 Å². The highest BCUT2D eigenvalue weighted by atomic mass is 35.5. The number of alkyl carbamates (subject to hydrolysis) is 1. The first kappa shape index (κ1) is 27.2. The highest BCUT2D eigenvalue weighted by molar-refractivity contribution is 6.32. The number of halogens is 1. The van der Waals surface area contributed by atoms with E-state index in [1.807, 2.05) is 18.2 Å². The van der Waals surface area contributed by atoms with Gasteiger partial charge in [-0.1, -0.05) is 66.2 Å². The second-order valence-electron chi connectivity index (χ2n) is 9.75. The molecule has 0 bridgehead atoms. The summed E-state index contributed by atoms with van der Waals surface area (Å²) >= 11 is 6.38. The first-order valence-corrected chi connectivity index (χ1v) is 12.1. The second kappa shape index (κ2) is 11.6. The summed E-state index contributed by atoms with van der Waals surface area (Å²) in [7, 11) is 0. The van der Waals surface area contributed by atoms with Gasteiger partial charge in [-0.05, 0) is 62.6 Å². The molecule has 7 heteroatoms. The summed E-state index contributed by atoms with van der Waals surface area (Å²) in [6, 6.07) is 23.1. The fourth-order valence-electron chi connectivity index (χ4n) is 3.55. The van der Waals surface area contributed by atoms with Crippen LogP contribution in [-0.2, 0) is 11.2 Å². The Labute approximate surface area is 217 Å². The molecule has 0 aliphatic heterocycles. The molecule has 0 aromatic heterocycles. The SMILES string of the molecule is CC(C)(C)OC(=O)NC(C)(CO)C(=O)c1ccc(OCCc2ccc(-c3ccccc3)cc2)c(Cl)c1. The molecule has 6 nitrogen and oxygen atoms in total. The van der Waals surface area contributed by atoms with Crippen molar-refractivity contribution in [2.45, 2.75) is 45.3 Å². The van der Waals surface area contributed by atoms with Gasteiger partial charge in [-0.3, -0.25) is 4.79 Å². The molecule has 3 rings (SSSR count). The van der Waals surface area contributed by atoms with Crippen molar-refractivity contribution in [1.82, 2.24) is 5.32 Å². The number of carbonyl (C=O) groups excluding carboxylic acids is 2. The van der Waals surface area contributed by atoms with E-state index in [-0.39, 0.29) is 10.6 Å². The van der Waals surface area contributed by atoms with Gasteiger partial charge >= 0.3 is 6.09 Å². The Hall–Kier alpha value is -3.35. The van der Waals surface area contributed by atoms with Gasteiger partial charge in [0, 0.05) is 12.0 Å². The third kappa shape index (κ3) is 7.33. The molecule has 0 heterocycles. The van der Waals surface area contributed by atoms with Gasteiger partial charge in [0.2, 0.25) is 0 Å². The first-order chi connectivity index (χ1) is 17.0. The van der Waals surface area contributed by atoms with Crippen molar-refractivity contribution in [3.05, 3.63) is 88.9 Å². The summed E-state index contributed by atoms with van der Waals surface area (Å²) in [6.45, 7) is 6.37. The van der Waals surface area contributed by atoms with E-state index in [9.17, 15) is 14.7 Å². The zero-order chi connectivity index (χ0) is 26.3. The van der Waals surface area contributed by atoms with Crippen LogP contribution in [-0.4, -0.2) is 41.3 Å². The Morgan fingerprint density at radius 1 is 0.917 bits per heavy atom. The average molecular weight is 510 g/mol. The Bertz CT molecular complexity index is 1190. The van der Waals surface area contributed by atoms with Gasteiger partial charge in [0.25, 0.3) is 0 Å². The Balaban J connectivity index is 1.60. The lowest BCUT2D eigenvalue weighted by atomic mass is 9.92. The smallest absolute Gasteiger partial charge is 0.408 e. The molecule has 2 N–H and O–H groups in total. The summed E-state index contributed by atoms with van der Waals surface area (Å²) in [5.74, 6) is -0.0530. The molecule has 1 unspecified atom stereocenters. The lowest BCUT2D eigenvalue weighted by Gasteiger charge is -2.29. The molecule has 3 aromatic rings. The zero-order valence-electron chi connectivity index (χ0n) is 21.0. The van der Waals surface area contributed by atoms with E-state index in [1.165, 1.54) is 18.6 Å². The molecule has 1 atom stereocenters. The van der Waals surface area contributed by atoms with Crippen LogP contribution in [0.1, 0.15) is 43.6 Å². The number of hydrogen-bond acceptors (Lipinski definition) is 5. The highest BCUT2D eigenvalue weighted by Crippen LogP contribution is 2.28. The molecule has 0 saturated carbocycles. The van der Waals surface area contributed by atoms with Crippen molar-refractivity contribution in [1.29, 1.82) is 0 Å². The second-order valence-corrected chi connectivity index (χ2v) is 10.2. The molecule has 0 spiro atoms. The van der Waals surface area contributed by atoms with E-state index in [1.54, 1.807) is 32.9 Å². The number of hydrogen-bond donors (Lipinski definition) is 2. The fourth-order valence-corrected chi connectivity index (χ4v) is 3.78. The van der Waals surface area contributed by atoms with Crippen LogP contribution >= 0.6 is 11.6 Å². The summed E-state index contributed by atoms with van der Waals surface area (Å²) in [5, 5.41) is 12.6. The van der Waals surface area contributed by atoms with Crippen LogP contribution < -0.4 is 10.1 Å². The predicted octanol–water partition coefficient (Wildman–Crippen LogP) is 6.09. The maximum absolute atomic E-state index is 13.1. The molecule has 0 saturated heterocycles. The monoisotopic (exact) mass is 509 g/mol. The molecule has 3 aromatic carbocycles. The maximum Gasteiger partial charge on any atom is 0.408 e. The topological polar surface area (TPSA) is 84.9 Å².